The van der Waals surface area contributed by atoms with E-state index in [4.69, 9.17) is 9.84 Å². The lowest BCUT2D eigenvalue weighted by Gasteiger charge is -2.22. The minimum atomic E-state index is -0.713. The van der Waals surface area contributed by atoms with Gasteiger partial charge in [0, 0.05) is 19.6 Å². The number of aliphatic carboxylic acids is 1. The van der Waals surface area contributed by atoms with Gasteiger partial charge in [-0.15, -0.1) is 0 Å². The molecular formula is C11H21NO3. The van der Waals surface area contributed by atoms with Crippen LogP contribution in [0.4, 0.5) is 0 Å². The van der Waals surface area contributed by atoms with Crippen molar-refractivity contribution in [3.63, 3.8) is 0 Å². The Balaban J connectivity index is 2.02. The Labute approximate surface area is 91.0 Å². The minimum Gasteiger partial charge on any atom is -0.481 e. The largest absolute Gasteiger partial charge is 0.481 e. The van der Waals surface area contributed by atoms with Crippen LogP contribution in [0.25, 0.3) is 0 Å². The molecule has 4 heteroatoms. The molecule has 0 radical (unpaired) electrons. The van der Waals surface area contributed by atoms with Gasteiger partial charge in [0.05, 0.1) is 0 Å². The summed E-state index contributed by atoms with van der Waals surface area (Å²) in [5, 5.41) is 11.9. The van der Waals surface area contributed by atoms with Crippen LogP contribution in [-0.4, -0.2) is 37.4 Å². The van der Waals surface area contributed by atoms with Gasteiger partial charge in [-0.05, 0) is 37.8 Å². The summed E-state index contributed by atoms with van der Waals surface area (Å²) in [6.45, 7) is 5.50. The van der Waals surface area contributed by atoms with Crippen LogP contribution < -0.4 is 5.32 Å². The molecule has 1 aliphatic rings. The Morgan fingerprint density at radius 3 is 2.80 bits per heavy atom. The smallest absolute Gasteiger partial charge is 0.303 e. The number of nitrogens with one attached hydrogen (secondary N) is 1. The zero-order valence-corrected chi connectivity index (χ0v) is 9.37. The SMILES string of the molecule is CC(CNCC1CCOCC1)CC(=O)O. The molecule has 0 bridgehead atoms. The maximum atomic E-state index is 10.4. The van der Waals surface area contributed by atoms with Gasteiger partial charge in [0.2, 0.25) is 0 Å². The second-order valence-electron chi connectivity index (χ2n) is 4.42. The van der Waals surface area contributed by atoms with Crippen molar-refractivity contribution in [3.8, 4) is 0 Å². The van der Waals surface area contributed by atoms with Crippen LogP contribution in [0.15, 0.2) is 0 Å². The summed E-state index contributed by atoms with van der Waals surface area (Å²) in [4.78, 5) is 10.4. The van der Waals surface area contributed by atoms with Gasteiger partial charge >= 0.3 is 5.97 Å². The molecule has 1 unspecified atom stereocenters. The van der Waals surface area contributed by atoms with E-state index in [-0.39, 0.29) is 12.3 Å². The van der Waals surface area contributed by atoms with E-state index in [1.165, 1.54) is 0 Å². The third-order valence-corrected chi connectivity index (χ3v) is 2.79. The van der Waals surface area contributed by atoms with Gasteiger partial charge in [-0.3, -0.25) is 4.79 Å². The molecule has 0 saturated carbocycles. The molecule has 0 amide bonds. The van der Waals surface area contributed by atoms with Gasteiger partial charge in [0.25, 0.3) is 0 Å². The zero-order chi connectivity index (χ0) is 11.1. The second-order valence-corrected chi connectivity index (χ2v) is 4.42. The maximum Gasteiger partial charge on any atom is 0.303 e. The quantitative estimate of drug-likeness (QED) is 0.697. The molecule has 2 N–H and O–H groups in total. The van der Waals surface area contributed by atoms with E-state index in [9.17, 15) is 4.79 Å². The highest BCUT2D eigenvalue weighted by Gasteiger charge is 2.14. The average molecular weight is 215 g/mol. The number of carbonyl (C=O) groups is 1. The Bertz CT molecular complexity index is 190. The van der Waals surface area contributed by atoms with Crippen molar-refractivity contribution in [2.24, 2.45) is 11.8 Å². The van der Waals surface area contributed by atoms with Crippen LogP contribution in [-0.2, 0) is 9.53 Å². The molecule has 1 atom stereocenters. The van der Waals surface area contributed by atoms with Crippen LogP contribution >= 0.6 is 0 Å². The van der Waals surface area contributed by atoms with Crippen molar-refractivity contribution < 1.29 is 14.6 Å². The third kappa shape index (κ3) is 5.74. The predicted molar refractivity (Wildman–Crippen MR) is 57.8 cm³/mol. The highest BCUT2D eigenvalue weighted by atomic mass is 16.5. The fraction of sp³-hybridized carbons (Fsp3) is 0.909. The first kappa shape index (κ1) is 12.5. The number of hydrogen-bond donors (Lipinski definition) is 2. The van der Waals surface area contributed by atoms with Gasteiger partial charge < -0.3 is 15.2 Å². The zero-order valence-electron chi connectivity index (χ0n) is 9.37. The lowest BCUT2D eigenvalue weighted by Crippen LogP contribution is -2.31. The van der Waals surface area contributed by atoms with Crippen LogP contribution in [0.5, 0.6) is 0 Å². The first-order valence-corrected chi connectivity index (χ1v) is 5.68. The van der Waals surface area contributed by atoms with E-state index < -0.39 is 5.97 Å². The molecule has 0 spiro atoms. The van der Waals surface area contributed by atoms with Gasteiger partial charge in [-0.2, -0.15) is 0 Å². The summed E-state index contributed by atoms with van der Waals surface area (Å²) in [7, 11) is 0. The topological polar surface area (TPSA) is 58.6 Å². The monoisotopic (exact) mass is 215 g/mol. The standard InChI is InChI=1S/C11H21NO3/c1-9(6-11(13)14)7-12-8-10-2-4-15-5-3-10/h9-10,12H,2-8H2,1H3,(H,13,14). The van der Waals surface area contributed by atoms with Crippen LogP contribution in [0.3, 0.4) is 0 Å². The third-order valence-electron chi connectivity index (χ3n) is 2.79. The lowest BCUT2D eigenvalue weighted by atomic mass is 10.00. The Morgan fingerprint density at radius 1 is 1.53 bits per heavy atom. The Morgan fingerprint density at radius 2 is 2.20 bits per heavy atom. The van der Waals surface area contributed by atoms with E-state index in [1.54, 1.807) is 0 Å². The molecule has 1 rings (SSSR count). The second kappa shape index (κ2) is 6.80. The molecule has 88 valence electrons. The average Bonchev–Trinajstić information content (AvgIpc) is 2.18. The fourth-order valence-corrected chi connectivity index (χ4v) is 1.85. The van der Waals surface area contributed by atoms with E-state index >= 15 is 0 Å². The van der Waals surface area contributed by atoms with Gasteiger partial charge in [0.1, 0.15) is 0 Å². The first-order chi connectivity index (χ1) is 7.18. The van der Waals surface area contributed by atoms with Crippen molar-refractivity contribution in [1.82, 2.24) is 5.32 Å². The molecule has 0 aromatic carbocycles. The van der Waals surface area contributed by atoms with Crippen molar-refractivity contribution in [1.29, 1.82) is 0 Å². The summed E-state index contributed by atoms with van der Waals surface area (Å²) in [5.41, 5.74) is 0. The molecular weight excluding hydrogens is 194 g/mol. The summed E-state index contributed by atoms with van der Waals surface area (Å²) in [5.74, 6) is 0.202. The van der Waals surface area contributed by atoms with Crippen LogP contribution in [0.1, 0.15) is 26.2 Å². The van der Waals surface area contributed by atoms with E-state index in [1.807, 2.05) is 6.92 Å². The van der Waals surface area contributed by atoms with Crippen molar-refractivity contribution >= 4 is 5.97 Å². The van der Waals surface area contributed by atoms with E-state index in [2.05, 4.69) is 5.32 Å². The Kier molecular flexibility index (Phi) is 5.65. The number of carboxylic acids is 1. The van der Waals surface area contributed by atoms with Crippen molar-refractivity contribution in [2.75, 3.05) is 26.3 Å². The first-order valence-electron chi connectivity index (χ1n) is 5.68. The number of ether oxygens (including phenoxy) is 1. The summed E-state index contributed by atoms with van der Waals surface area (Å²) < 4.78 is 5.27. The normalized spacial score (nSPS) is 20.1. The van der Waals surface area contributed by atoms with Crippen LogP contribution in [0.2, 0.25) is 0 Å². The summed E-state index contributed by atoms with van der Waals surface area (Å²) >= 11 is 0. The predicted octanol–water partition coefficient (Wildman–Crippen LogP) is 1.11. The van der Waals surface area contributed by atoms with Crippen LogP contribution in [0, 0.1) is 11.8 Å². The van der Waals surface area contributed by atoms with E-state index in [0.717, 1.165) is 39.1 Å². The fourth-order valence-electron chi connectivity index (χ4n) is 1.85. The molecule has 0 aliphatic carbocycles. The Hall–Kier alpha value is -0.610. The molecule has 1 heterocycles. The molecule has 1 aliphatic heterocycles. The van der Waals surface area contributed by atoms with Crippen molar-refractivity contribution in [3.05, 3.63) is 0 Å². The number of rotatable bonds is 6. The molecule has 1 fully saturated rings. The summed E-state index contributed by atoms with van der Waals surface area (Å²) in [6.07, 6.45) is 2.50. The molecule has 15 heavy (non-hydrogen) atoms. The molecule has 0 aromatic rings. The van der Waals surface area contributed by atoms with E-state index in [0.29, 0.717) is 5.92 Å². The highest BCUT2D eigenvalue weighted by molar-refractivity contribution is 5.66. The molecule has 4 nitrogen and oxygen atoms in total. The lowest BCUT2D eigenvalue weighted by molar-refractivity contribution is -0.137. The highest BCUT2D eigenvalue weighted by Crippen LogP contribution is 2.13. The van der Waals surface area contributed by atoms with Gasteiger partial charge in [-0.25, -0.2) is 0 Å². The summed E-state index contributed by atoms with van der Waals surface area (Å²) in [6, 6.07) is 0. The van der Waals surface area contributed by atoms with Gasteiger partial charge in [-0.1, -0.05) is 6.92 Å². The maximum absolute atomic E-state index is 10.4. The number of carboxylic acid groups (broad SMARTS) is 1. The van der Waals surface area contributed by atoms with Crippen molar-refractivity contribution in [2.45, 2.75) is 26.2 Å². The minimum absolute atomic E-state index is 0.211. The number of hydrogen-bond acceptors (Lipinski definition) is 3. The molecule has 0 aromatic heterocycles. The van der Waals surface area contributed by atoms with Gasteiger partial charge in [0.15, 0.2) is 0 Å². The molecule has 1 saturated heterocycles.